The quantitative estimate of drug-likeness (QED) is 0.846. The highest BCUT2D eigenvalue weighted by molar-refractivity contribution is 7.85. The molecule has 0 saturated heterocycles. The summed E-state index contributed by atoms with van der Waals surface area (Å²) in [5.74, 6) is -0.212. The van der Waals surface area contributed by atoms with E-state index in [-0.39, 0.29) is 22.6 Å². The van der Waals surface area contributed by atoms with Crippen LogP contribution in [0, 0.1) is 0 Å². The van der Waals surface area contributed by atoms with E-state index in [9.17, 15) is 13.8 Å². The van der Waals surface area contributed by atoms with Gasteiger partial charge in [0, 0.05) is 37.2 Å². The Kier molecular flexibility index (Phi) is 6.87. The standard InChI is InChI=1S/C16H19N3O3S.H2O/c1-4-15(20)17-14-9-12(10-19(2)16(14)21)11-6-5-7-13(8-11)18-23(3)22;/h5-10,18H,4H2,1-3H3,(H,17,20);1H2. The number of nitrogens with zero attached hydrogens (tertiary/aromatic N) is 1. The Balaban J connectivity index is 0.00000288. The fourth-order valence-corrected chi connectivity index (χ4v) is 2.58. The molecule has 0 aliphatic heterocycles. The van der Waals surface area contributed by atoms with E-state index in [4.69, 9.17) is 0 Å². The Morgan fingerprint density at radius 3 is 2.58 bits per heavy atom. The second-order valence-corrected chi connectivity index (χ2v) is 6.21. The van der Waals surface area contributed by atoms with Gasteiger partial charge < -0.3 is 20.1 Å². The van der Waals surface area contributed by atoms with Gasteiger partial charge >= 0.3 is 0 Å². The van der Waals surface area contributed by atoms with E-state index in [0.717, 1.165) is 16.8 Å². The van der Waals surface area contributed by atoms with Crippen LogP contribution in [0.5, 0.6) is 0 Å². The SMILES string of the molecule is CCC(=O)Nc1cc(-c2cccc(NS(C)=O)c2)cn(C)c1=O.O. The molecule has 0 saturated carbocycles. The number of aromatic nitrogens is 1. The van der Waals surface area contributed by atoms with E-state index in [1.807, 2.05) is 24.3 Å². The van der Waals surface area contributed by atoms with Gasteiger partial charge in [-0.1, -0.05) is 19.1 Å². The highest BCUT2D eigenvalue weighted by atomic mass is 32.2. The van der Waals surface area contributed by atoms with Gasteiger partial charge in [0.1, 0.15) is 16.7 Å². The molecule has 130 valence electrons. The van der Waals surface area contributed by atoms with E-state index in [1.165, 1.54) is 4.57 Å². The van der Waals surface area contributed by atoms with Crippen LogP contribution in [0.15, 0.2) is 41.3 Å². The number of hydrogen-bond donors (Lipinski definition) is 2. The zero-order chi connectivity index (χ0) is 17.0. The topological polar surface area (TPSA) is 112 Å². The molecule has 0 radical (unpaired) electrons. The third-order valence-corrected chi connectivity index (χ3v) is 3.76. The second kappa shape index (κ2) is 8.42. The Labute approximate surface area is 142 Å². The maximum Gasteiger partial charge on any atom is 0.274 e. The average molecular weight is 351 g/mol. The molecule has 0 fully saturated rings. The number of amides is 1. The van der Waals surface area contributed by atoms with Crippen molar-refractivity contribution in [1.29, 1.82) is 0 Å². The Morgan fingerprint density at radius 2 is 1.96 bits per heavy atom. The molecule has 24 heavy (non-hydrogen) atoms. The minimum absolute atomic E-state index is 0. The van der Waals surface area contributed by atoms with Gasteiger partial charge in [0.2, 0.25) is 5.91 Å². The van der Waals surface area contributed by atoms with Crippen molar-refractivity contribution in [3.05, 3.63) is 46.9 Å². The molecule has 7 nitrogen and oxygen atoms in total. The molecule has 0 bridgehead atoms. The summed E-state index contributed by atoms with van der Waals surface area (Å²) in [5, 5.41) is 2.62. The predicted octanol–water partition coefficient (Wildman–Crippen LogP) is 1.28. The van der Waals surface area contributed by atoms with Gasteiger partial charge in [-0.3, -0.25) is 9.59 Å². The van der Waals surface area contributed by atoms with Crippen LogP contribution in [-0.2, 0) is 22.8 Å². The number of aryl methyl sites for hydroxylation is 1. The average Bonchev–Trinajstić information content (AvgIpc) is 2.51. The molecule has 4 N–H and O–H groups in total. The Hall–Kier alpha value is -2.45. The summed E-state index contributed by atoms with van der Waals surface area (Å²) in [5.41, 5.74) is 2.33. The summed E-state index contributed by atoms with van der Waals surface area (Å²) >= 11 is 0. The van der Waals surface area contributed by atoms with E-state index < -0.39 is 11.0 Å². The number of rotatable bonds is 5. The molecule has 0 aliphatic carbocycles. The first-order chi connectivity index (χ1) is 10.9. The van der Waals surface area contributed by atoms with Gasteiger partial charge in [0.05, 0.1) is 0 Å². The van der Waals surface area contributed by atoms with Gasteiger partial charge in [-0.15, -0.1) is 0 Å². The molecule has 1 amide bonds. The minimum Gasteiger partial charge on any atom is -0.412 e. The highest BCUT2D eigenvalue weighted by Crippen LogP contribution is 2.23. The van der Waals surface area contributed by atoms with Crippen molar-refractivity contribution >= 4 is 28.3 Å². The molecule has 1 atom stereocenters. The molecule has 1 aromatic carbocycles. The number of benzene rings is 1. The monoisotopic (exact) mass is 351 g/mol. The largest absolute Gasteiger partial charge is 0.412 e. The summed E-state index contributed by atoms with van der Waals surface area (Å²) in [4.78, 5) is 23.7. The first-order valence-electron chi connectivity index (χ1n) is 7.11. The van der Waals surface area contributed by atoms with Crippen LogP contribution in [0.1, 0.15) is 13.3 Å². The summed E-state index contributed by atoms with van der Waals surface area (Å²) < 4.78 is 15.5. The van der Waals surface area contributed by atoms with Crippen molar-refractivity contribution < 1.29 is 14.5 Å². The smallest absolute Gasteiger partial charge is 0.274 e. The predicted molar refractivity (Wildman–Crippen MR) is 97.3 cm³/mol. The number of pyridine rings is 1. The number of anilines is 2. The summed E-state index contributed by atoms with van der Waals surface area (Å²) in [6.45, 7) is 1.73. The van der Waals surface area contributed by atoms with Crippen LogP contribution < -0.4 is 15.6 Å². The molecule has 0 aliphatic rings. The van der Waals surface area contributed by atoms with Crippen molar-refractivity contribution in [2.45, 2.75) is 13.3 Å². The van der Waals surface area contributed by atoms with Crippen molar-refractivity contribution in [1.82, 2.24) is 4.57 Å². The fraction of sp³-hybridized carbons (Fsp3) is 0.250. The second-order valence-electron chi connectivity index (χ2n) is 5.10. The summed E-state index contributed by atoms with van der Waals surface area (Å²) in [7, 11) is 0.471. The van der Waals surface area contributed by atoms with Crippen LogP contribution in [0.25, 0.3) is 11.1 Å². The lowest BCUT2D eigenvalue weighted by Gasteiger charge is -2.11. The lowest BCUT2D eigenvalue weighted by Crippen LogP contribution is -2.23. The zero-order valence-corrected chi connectivity index (χ0v) is 14.6. The van der Waals surface area contributed by atoms with Crippen molar-refractivity contribution in [2.75, 3.05) is 16.3 Å². The summed E-state index contributed by atoms with van der Waals surface area (Å²) in [6, 6.07) is 9.02. The number of carbonyl (C=O) groups is 1. The molecule has 8 heteroatoms. The van der Waals surface area contributed by atoms with E-state index in [2.05, 4.69) is 10.0 Å². The lowest BCUT2D eigenvalue weighted by atomic mass is 10.1. The van der Waals surface area contributed by atoms with Gasteiger partial charge in [-0.25, -0.2) is 4.21 Å². The van der Waals surface area contributed by atoms with E-state index in [1.54, 1.807) is 32.5 Å². The van der Waals surface area contributed by atoms with Crippen LogP contribution in [0.3, 0.4) is 0 Å². The molecular weight excluding hydrogens is 330 g/mol. The minimum atomic E-state index is -1.16. The fourth-order valence-electron chi connectivity index (χ4n) is 2.13. The molecule has 2 aromatic rings. The number of nitrogens with one attached hydrogen (secondary N) is 2. The van der Waals surface area contributed by atoms with Gasteiger partial charge in [-0.05, 0) is 23.8 Å². The molecular formula is C16H21N3O4S. The zero-order valence-electron chi connectivity index (χ0n) is 13.8. The maximum absolute atomic E-state index is 12.1. The van der Waals surface area contributed by atoms with Crippen LogP contribution >= 0.6 is 0 Å². The number of carbonyl (C=O) groups excluding carboxylic acids is 1. The van der Waals surface area contributed by atoms with Gasteiger partial charge in [0.15, 0.2) is 0 Å². The lowest BCUT2D eigenvalue weighted by molar-refractivity contribution is -0.115. The first-order valence-corrected chi connectivity index (χ1v) is 8.67. The van der Waals surface area contributed by atoms with E-state index >= 15 is 0 Å². The normalized spacial score (nSPS) is 11.3. The molecule has 2 rings (SSSR count). The third-order valence-electron chi connectivity index (χ3n) is 3.24. The first kappa shape index (κ1) is 19.6. The van der Waals surface area contributed by atoms with Crippen molar-refractivity contribution in [3.63, 3.8) is 0 Å². The van der Waals surface area contributed by atoms with Crippen molar-refractivity contribution in [2.24, 2.45) is 7.05 Å². The maximum atomic E-state index is 12.1. The van der Waals surface area contributed by atoms with Crippen LogP contribution in [-0.4, -0.2) is 26.4 Å². The third kappa shape index (κ3) is 4.77. The van der Waals surface area contributed by atoms with Gasteiger partial charge in [0.25, 0.3) is 5.56 Å². The van der Waals surface area contributed by atoms with Gasteiger partial charge in [-0.2, -0.15) is 0 Å². The Morgan fingerprint density at radius 1 is 1.25 bits per heavy atom. The van der Waals surface area contributed by atoms with E-state index in [0.29, 0.717) is 6.42 Å². The molecule has 1 heterocycles. The molecule has 1 aromatic heterocycles. The van der Waals surface area contributed by atoms with Crippen LogP contribution in [0.4, 0.5) is 11.4 Å². The van der Waals surface area contributed by atoms with Crippen molar-refractivity contribution in [3.8, 4) is 11.1 Å². The molecule has 0 spiro atoms. The Bertz CT molecular complexity index is 817. The molecule has 1 unspecified atom stereocenters. The number of hydrogen-bond acceptors (Lipinski definition) is 3. The summed E-state index contributed by atoms with van der Waals surface area (Å²) in [6.07, 6.45) is 3.55. The van der Waals surface area contributed by atoms with Crippen LogP contribution in [0.2, 0.25) is 0 Å². The highest BCUT2D eigenvalue weighted by Gasteiger charge is 2.09.